The number of hydrogen-bond donors (Lipinski definition) is 1. The van der Waals surface area contributed by atoms with Crippen LogP contribution < -0.4 is 10.1 Å². The maximum atomic E-state index is 13.8. The number of nitrogens with zero attached hydrogens (tertiary/aromatic N) is 1. The number of hydrogen-bond acceptors (Lipinski definition) is 4. The Morgan fingerprint density at radius 3 is 1.84 bits per heavy atom. The lowest BCUT2D eigenvalue weighted by Gasteiger charge is -2.54. The summed E-state index contributed by atoms with van der Waals surface area (Å²) in [6.45, 7) is -0.105. The molecule has 1 fully saturated rings. The first kappa shape index (κ1) is 24.3. The third-order valence-corrected chi connectivity index (χ3v) is 9.19. The summed E-state index contributed by atoms with van der Waals surface area (Å²) >= 11 is 20.9. The quantitative estimate of drug-likeness (QED) is 0.344. The molecule has 3 aromatic carbocycles. The number of anilines is 1. The molecule has 4 aliphatic rings. The molecule has 2 bridgehead atoms. The highest BCUT2D eigenvalue weighted by Crippen LogP contribution is 2.69. The second-order valence-electron chi connectivity index (χ2n) is 9.44. The minimum absolute atomic E-state index is 0.105. The average Bonchev–Trinajstić information content (AvgIpc) is 3.16. The first-order chi connectivity index (χ1) is 17.7. The van der Waals surface area contributed by atoms with Gasteiger partial charge in [-0.05, 0) is 40.5 Å². The maximum Gasteiger partial charge on any atom is 0.235 e. The molecular formula is C28H21Cl3N2O4. The first-order valence-electron chi connectivity index (χ1n) is 11.8. The fraction of sp³-hybridized carbons (Fsp3) is 0.250. The number of alkyl halides is 2. The molecule has 1 saturated heterocycles. The highest BCUT2D eigenvalue weighted by Gasteiger charge is 2.72. The zero-order chi connectivity index (χ0) is 26.1. The molecule has 6 nitrogen and oxygen atoms in total. The van der Waals surface area contributed by atoms with E-state index in [1.54, 1.807) is 18.2 Å². The predicted molar refractivity (Wildman–Crippen MR) is 141 cm³/mol. The van der Waals surface area contributed by atoms with Gasteiger partial charge in [-0.25, -0.2) is 0 Å². The number of amides is 3. The lowest BCUT2D eigenvalue weighted by Crippen LogP contribution is -2.57. The summed E-state index contributed by atoms with van der Waals surface area (Å²) in [7, 11) is 1.48. The minimum atomic E-state index is -1.24. The van der Waals surface area contributed by atoms with Crippen molar-refractivity contribution in [1.29, 1.82) is 0 Å². The van der Waals surface area contributed by atoms with Crippen LogP contribution in [0.3, 0.4) is 0 Å². The normalized spacial score (nSPS) is 27.0. The van der Waals surface area contributed by atoms with Crippen molar-refractivity contribution in [2.45, 2.75) is 16.2 Å². The van der Waals surface area contributed by atoms with Crippen molar-refractivity contribution in [3.8, 4) is 5.75 Å². The topological polar surface area (TPSA) is 75.7 Å². The summed E-state index contributed by atoms with van der Waals surface area (Å²) in [5, 5.41) is 3.17. The molecule has 188 valence electrons. The van der Waals surface area contributed by atoms with Gasteiger partial charge in [0.2, 0.25) is 17.7 Å². The van der Waals surface area contributed by atoms with Gasteiger partial charge in [-0.1, -0.05) is 60.1 Å². The number of methoxy groups -OCH3 is 1. The van der Waals surface area contributed by atoms with Crippen LogP contribution in [0.1, 0.15) is 28.7 Å². The molecular weight excluding hydrogens is 535 g/mol. The van der Waals surface area contributed by atoms with Gasteiger partial charge in [0.25, 0.3) is 0 Å². The Hall–Kier alpha value is -3.06. The van der Waals surface area contributed by atoms with Gasteiger partial charge in [0, 0.05) is 18.0 Å². The van der Waals surface area contributed by atoms with E-state index in [1.807, 2.05) is 48.5 Å². The van der Waals surface area contributed by atoms with E-state index in [4.69, 9.17) is 39.5 Å². The summed E-state index contributed by atoms with van der Waals surface area (Å²) in [5.41, 5.74) is 3.35. The van der Waals surface area contributed by atoms with E-state index in [0.717, 1.165) is 27.2 Å². The molecule has 1 N–H and O–H groups in total. The van der Waals surface area contributed by atoms with Crippen LogP contribution in [0.2, 0.25) is 5.02 Å². The monoisotopic (exact) mass is 554 g/mol. The van der Waals surface area contributed by atoms with Crippen LogP contribution in [0.25, 0.3) is 0 Å². The van der Waals surface area contributed by atoms with Gasteiger partial charge in [0.05, 0.1) is 24.6 Å². The van der Waals surface area contributed by atoms with Crippen molar-refractivity contribution >= 4 is 58.2 Å². The number of halogens is 3. The molecule has 3 amide bonds. The molecule has 3 aliphatic carbocycles. The molecule has 37 heavy (non-hydrogen) atoms. The van der Waals surface area contributed by atoms with Crippen molar-refractivity contribution in [2.24, 2.45) is 11.8 Å². The molecule has 1 aliphatic heterocycles. The van der Waals surface area contributed by atoms with Gasteiger partial charge in [0.1, 0.15) is 15.5 Å². The smallest absolute Gasteiger partial charge is 0.235 e. The third kappa shape index (κ3) is 3.22. The van der Waals surface area contributed by atoms with Gasteiger partial charge < -0.3 is 10.1 Å². The van der Waals surface area contributed by atoms with E-state index >= 15 is 0 Å². The molecule has 0 spiro atoms. The van der Waals surface area contributed by atoms with E-state index in [1.165, 1.54) is 7.11 Å². The van der Waals surface area contributed by atoms with Crippen LogP contribution in [0.4, 0.5) is 5.69 Å². The Morgan fingerprint density at radius 1 is 0.892 bits per heavy atom. The summed E-state index contributed by atoms with van der Waals surface area (Å²) in [5.74, 6) is -2.58. The highest BCUT2D eigenvalue weighted by atomic mass is 35.5. The fourth-order valence-electron chi connectivity index (χ4n) is 6.15. The number of carbonyl (C=O) groups excluding carboxylic acids is 3. The van der Waals surface area contributed by atoms with Gasteiger partial charge in [-0.2, -0.15) is 0 Å². The fourth-order valence-corrected chi connectivity index (χ4v) is 7.42. The van der Waals surface area contributed by atoms with Crippen LogP contribution >= 0.6 is 34.8 Å². The standard InChI is InChI=1S/C28H21Cl3N2O4/c1-37-21-11-10-15(29)14-20(21)32-22(34)12-13-33-25(35)23-24(26(33)36)28(31)17-7-3-2-6-16(17)27(23,30)18-8-4-5-9-19(18)28/h2-11,14,23-24H,12-13H2,1H3,(H,32,34)/t23-,24-,27?,28?/m0/s1. The molecule has 0 aromatic heterocycles. The number of nitrogens with one attached hydrogen (secondary N) is 1. The molecule has 0 radical (unpaired) electrons. The van der Waals surface area contributed by atoms with E-state index in [2.05, 4.69) is 5.32 Å². The van der Waals surface area contributed by atoms with Crippen molar-refractivity contribution in [3.63, 3.8) is 0 Å². The van der Waals surface area contributed by atoms with Crippen LogP contribution in [0, 0.1) is 11.8 Å². The van der Waals surface area contributed by atoms with Crippen molar-refractivity contribution in [1.82, 2.24) is 4.90 Å². The number of likely N-dealkylation sites (tertiary alicyclic amines) is 1. The summed E-state index contributed by atoms with van der Waals surface area (Å²) in [6.07, 6.45) is -0.114. The van der Waals surface area contributed by atoms with Crippen molar-refractivity contribution in [3.05, 3.63) is 94.0 Å². The number of ether oxygens (including phenoxy) is 1. The minimum Gasteiger partial charge on any atom is -0.495 e. The molecule has 0 unspecified atom stereocenters. The number of rotatable bonds is 5. The number of imide groups is 1. The largest absolute Gasteiger partial charge is 0.495 e. The third-order valence-electron chi connectivity index (χ3n) is 7.67. The van der Waals surface area contributed by atoms with Crippen LogP contribution in [-0.4, -0.2) is 36.3 Å². The molecule has 3 aromatic rings. The van der Waals surface area contributed by atoms with Crippen molar-refractivity contribution in [2.75, 3.05) is 19.0 Å². The molecule has 7 rings (SSSR count). The summed E-state index contributed by atoms with van der Waals surface area (Å²) < 4.78 is 5.27. The SMILES string of the molecule is COc1ccc(Cl)cc1NC(=O)CCN1C(=O)[C@@H]2[C@@H](C1=O)C1(Cl)c3ccccc3C2(Cl)c2ccccc21. The lowest BCUT2D eigenvalue weighted by atomic mass is 9.54. The Kier molecular flexibility index (Phi) is 5.57. The predicted octanol–water partition coefficient (Wildman–Crippen LogP) is 5.27. The summed E-state index contributed by atoms with van der Waals surface area (Å²) in [4.78, 5) is 39.1. The molecule has 2 atom stereocenters. The Morgan fingerprint density at radius 2 is 1.38 bits per heavy atom. The van der Waals surface area contributed by atoms with Gasteiger partial charge in [-0.3, -0.25) is 19.3 Å². The zero-order valence-corrected chi connectivity index (χ0v) is 21.9. The Bertz CT molecular complexity index is 1370. The van der Waals surface area contributed by atoms with Gasteiger partial charge in [-0.15, -0.1) is 23.2 Å². The number of benzene rings is 3. The van der Waals surface area contributed by atoms with Gasteiger partial charge >= 0.3 is 0 Å². The van der Waals surface area contributed by atoms with E-state index in [0.29, 0.717) is 16.5 Å². The van der Waals surface area contributed by atoms with Gasteiger partial charge in [0.15, 0.2) is 0 Å². The van der Waals surface area contributed by atoms with Crippen molar-refractivity contribution < 1.29 is 19.1 Å². The molecule has 9 heteroatoms. The second-order valence-corrected chi connectivity index (χ2v) is 11.1. The molecule has 1 heterocycles. The average molecular weight is 556 g/mol. The zero-order valence-electron chi connectivity index (χ0n) is 19.6. The number of carbonyl (C=O) groups is 3. The lowest BCUT2D eigenvalue weighted by molar-refractivity contribution is -0.140. The van der Waals surface area contributed by atoms with E-state index < -0.39 is 39.3 Å². The Balaban J connectivity index is 1.33. The van der Waals surface area contributed by atoms with Crippen LogP contribution in [-0.2, 0) is 24.1 Å². The van der Waals surface area contributed by atoms with E-state index in [9.17, 15) is 14.4 Å². The maximum absolute atomic E-state index is 13.8. The van der Waals surface area contributed by atoms with E-state index in [-0.39, 0.29) is 13.0 Å². The van der Waals surface area contributed by atoms with Crippen LogP contribution in [0.5, 0.6) is 5.75 Å². The first-order valence-corrected chi connectivity index (χ1v) is 12.9. The van der Waals surface area contributed by atoms with Crippen LogP contribution in [0.15, 0.2) is 66.7 Å². The Labute approximate surface area is 228 Å². The molecule has 0 saturated carbocycles. The second kappa shape index (κ2) is 8.48. The summed E-state index contributed by atoms with van der Waals surface area (Å²) in [6, 6.07) is 19.8. The highest BCUT2D eigenvalue weighted by molar-refractivity contribution is 6.36.